The maximum absolute atomic E-state index is 12.9. The van der Waals surface area contributed by atoms with Gasteiger partial charge < -0.3 is 15.1 Å². The Labute approximate surface area is 193 Å². The monoisotopic (exact) mass is 460 g/mol. The lowest BCUT2D eigenvalue weighted by Gasteiger charge is -2.09. The summed E-state index contributed by atoms with van der Waals surface area (Å²) in [5.41, 5.74) is 7.33. The topological polar surface area (TPSA) is 143 Å². The Bertz CT molecular complexity index is 1570. The largest absolute Gasteiger partial charge is 0.463 e. The van der Waals surface area contributed by atoms with Crippen molar-refractivity contribution in [2.45, 2.75) is 39.8 Å². The normalized spacial score (nSPS) is 11.5. The fourth-order valence-electron chi connectivity index (χ4n) is 3.92. The van der Waals surface area contributed by atoms with Crippen LogP contribution in [0.15, 0.2) is 56.8 Å². The summed E-state index contributed by atoms with van der Waals surface area (Å²) in [6.45, 7) is 4.72. The molecule has 0 saturated heterocycles. The molecule has 0 aliphatic heterocycles. The molecule has 0 unspecified atom stereocenters. The minimum Gasteiger partial charge on any atom is -0.463 e. The number of anilines is 1. The lowest BCUT2D eigenvalue weighted by molar-refractivity contribution is 0.555. The van der Waals surface area contributed by atoms with Crippen LogP contribution in [0.4, 0.5) is 5.82 Å². The van der Waals surface area contributed by atoms with Crippen molar-refractivity contribution in [2.24, 2.45) is 0 Å². The van der Waals surface area contributed by atoms with Crippen molar-refractivity contribution in [2.75, 3.05) is 5.73 Å². The highest BCUT2D eigenvalue weighted by Gasteiger charge is 2.18. The third-order valence-electron chi connectivity index (χ3n) is 5.50. The van der Waals surface area contributed by atoms with Crippen molar-refractivity contribution in [1.29, 1.82) is 0 Å². The molecule has 5 aromatic rings. The first-order valence-corrected chi connectivity index (χ1v) is 11.1. The maximum Gasteiger partial charge on any atom is 0.332 e. The quantitative estimate of drug-likeness (QED) is 0.380. The molecular formula is C23H24N8O3. The number of rotatable bonds is 7. The molecule has 0 radical (unpaired) electrons. The van der Waals surface area contributed by atoms with Crippen molar-refractivity contribution in [1.82, 2.24) is 33.9 Å². The van der Waals surface area contributed by atoms with Crippen LogP contribution >= 0.6 is 0 Å². The fraction of sp³-hybridized carbons (Fsp3) is 0.261. The lowest BCUT2D eigenvalue weighted by atomic mass is 10.2. The van der Waals surface area contributed by atoms with Crippen LogP contribution in [-0.4, -0.2) is 33.9 Å². The molecule has 0 spiro atoms. The van der Waals surface area contributed by atoms with Gasteiger partial charge in [-0.15, -0.1) is 0 Å². The summed E-state index contributed by atoms with van der Waals surface area (Å²) in [4.78, 5) is 38.0. The van der Waals surface area contributed by atoms with Gasteiger partial charge in [0.05, 0.1) is 6.26 Å². The lowest BCUT2D eigenvalue weighted by Crippen LogP contribution is -2.40. The molecule has 0 aliphatic rings. The zero-order valence-corrected chi connectivity index (χ0v) is 18.9. The van der Waals surface area contributed by atoms with Gasteiger partial charge in [0.15, 0.2) is 17.2 Å². The number of nitrogens with two attached hydrogens (primary N) is 1. The van der Waals surface area contributed by atoms with Crippen molar-refractivity contribution < 1.29 is 4.42 Å². The maximum atomic E-state index is 12.9. The van der Waals surface area contributed by atoms with Crippen LogP contribution in [0.1, 0.15) is 26.7 Å². The first-order chi connectivity index (χ1) is 16.5. The molecule has 5 aromatic heterocycles. The molecule has 0 amide bonds. The van der Waals surface area contributed by atoms with Gasteiger partial charge in [0.2, 0.25) is 0 Å². The van der Waals surface area contributed by atoms with E-state index in [4.69, 9.17) is 10.2 Å². The van der Waals surface area contributed by atoms with Gasteiger partial charge in [-0.1, -0.05) is 13.8 Å². The molecule has 3 N–H and O–H groups in total. The Hall–Kier alpha value is -4.41. The summed E-state index contributed by atoms with van der Waals surface area (Å²) in [5, 5.41) is 4.47. The number of fused-ring (bicyclic) bond motifs is 1. The number of aromatic amines is 1. The van der Waals surface area contributed by atoms with E-state index in [-0.39, 0.29) is 11.2 Å². The molecule has 0 aromatic carbocycles. The van der Waals surface area contributed by atoms with Crippen molar-refractivity contribution >= 4 is 17.0 Å². The number of aromatic nitrogens is 7. The molecule has 0 saturated carbocycles. The zero-order valence-electron chi connectivity index (χ0n) is 18.9. The Morgan fingerprint density at radius 3 is 2.56 bits per heavy atom. The third kappa shape index (κ3) is 3.51. The van der Waals surface area contributed by atoms with E-state index in [0.29, 0.717) is 65.2 Å². The van der Waals surface area contributed by atoms with Gasteiger partial charge in [-0.05, 0) is 37.1 Å². The number of nitrogens with zero attached hydrogens (tertiary/aromatic N) is 6. The van der Waals surface area contributed by atoms with Crippen LogP contribution in [0.2, 0.25) is 0 Å². The highest BCUT2D eigenvalue weighted by molar-refractivity contribution is 5.75. The fourth-order valence-corrected chi connectivity index (χ4v) is 3.92. The highest BCUT2D eigenvalue weighted by atomic mass is 16.3. The second-order valence-corrected chi connectivity index (χ2v) is 7.92. The molecule has 11 nitrogen and oxygen atoms in total. The SMILES string of the molecule is CCCn1c(=O)c2[nH]c(-c3ccc(-n4nc(-c5ccco5)cc4N)nc3)nc2n(CCC)c1=O. The number of nitrogen functional groups attached to an aromatic ring is 1. The smallest absolute Gasteiger partial charge is 0.332 e. The van der Waals surface area contributed by atoms with Crippen molar-refractivity contribution in [3.63, 3.8) is 0 Å². The van der Waals surface area contributed by atoms with E-state index in [1.165, 1.54) is 9.25 Å². The van der Waals surface area contributed by atoms with E-state index in [0.717, 1.165) is 6.42 Å². The second-order valence-electron chi connectivity index (χ2n) is 7.92. The molecule has 11 heteroatoms. The van der Waals surface area contributed by atoms with E-state index in [1.54, 1.807) is 47.4 Å². The van der Waals surface area contributed by atoms with Crippen LogP contribution in [0.5, 0.6) is 0 Å². The first-order valence-electron chi connectivity index (χ1n) is 11.1. The number of H-pyrrole nitrogens is 1. The molecule has 5 rings (SSSR count). The Morgan fingerprint density at radius 2 is 1.88 bits per heavy atom. The third-order valence-corrected chi connectivity index (χ3v) is 5.50. The average Bonchev–Trinajstić information content (AvgIpc) is 3.59. The van der Waals surface area contributed by atoms with E-state index < -0.39 is 0 Å². The van der Waals surface area contributed by atoms with Crippen molar-refractivity contribution in [3.8, 4) is 28.7 Å². The van der Waals surface area contributed by atoms with E-state index in [9.17, 15) is 9.59 Å². The van der Waals surface area contributed by atoms with Crippen molar-refractivity contribution in [3.05, 3.63) is 63.6 Å². The number of pyridine rings is 1. The van der Waals surface area contributed by atoms with Crippen LogP contribution < -0.4 is 17.0 Å². The molecule has 0 bridgehead atoms. The van der Waals surface area contributed by atoms with Gasteiger partial charge in [-0.2, -0.15) is 9.78 Å². The van der Waals surface area contributed by atoms with Gasteiger partial charge in [0.1, 0.15) is 22.9 Å². The molecule has 0 atom stereocenters. The summed E-state index contributed by atoms with van der Waals surface area (Å²) in [6, 6.07) is 8.85. The second kappa shape index (κ2) is 8.50. The van der Waals surface area contributed by atoms with Gasteiger partial charge in [0.25, 0.3) is 5.56 Å². The number of aryl methyl sites for hydroxylation is 1. The summed E-state index contributed by atoms with van der Waals surface area (Å²) >= 11 is 0. The molecule has 0 fully saturated rings. The Morgan fingerprint density at radius 1 is 1.09 bits per heavy atom. The minimum atomic E-state index is -0.368. The minimum absolute atomic E-state index is 0.306. The van der Waals surface area contributed by atoms with E-state index >= 15 is 0 Å². The van der Waals surface area contributed by atoms with Crippen LogP contribution in [-0.2, 0) is 13.1 Å². The molecule has 5 heterocycles. The summed E-state index contributed by atoms with van der Waals surface area (Å²) < 4.78 is 9.71. The number of hydrogen-bond donors (Lipinski definition) is 2. The van der Waals surface area contributed by atoms with E-state index in [1.807, 2.05) is 13.8 Å². The van der Waals surface area contributed by atoms with E-state index in [2.05, 4.69) is 20.1 Å². The Balaban J connectivity index is 1.55. The Kier molecular flexibility index (Phi) is 5.36. The van der Waals surface area contributed by atoms with Gasteiger partial charge in [-0.25, -0.2) is 14.8 Å². The summed E-state index contributed by atoms with van der Waals surface area (Å²) in [7, 11) is 0. The van der Waals surface area contributed by atoms with Crippen LogP contribution in [0, 0.1) is 0 Å². The number of imidazole rings is 1. The van der Waals surface area contributed by atoms with Gasteiger partial charge in [0, 0.05) is 30.9 Å². The molecular weight excluding hydrogens is 436 g/mol. The predicted molar refractivity (Wildman–Crippen MR) is 128 cm³/mol. The number of hydrogen-bond acceptors (Lipinski definition) is 7. The predicted octanol–water partition coefficient (Wildman–Crippen LogP) is 2.80. The van der Waals surface area contributed by atoms with Gasteiger partial charge in [-0.3, -0.25) is 13.9 Å². The number of furan rings is 1. The molecule has 34 heavy (non-hydrogen) atoms. The summed E-state index contributed by atoms with van der Waals surface area (Å²) in [5.74, 6) is 1.99. The summed E-state index contributed by atoms with van der Waals surface area (Å²) in [6.07, 6.45) is 4.61. The van der Waals surface area contributed by atoms with Crippen LogP contribution in [0.25, 0.3) is 39.8 Å². The molecule has 174 valence electrons. The van der Waals surface area contributed by atoms with Crippen LogP contribution in [0.3, 0.4) is 0 Å². The standard InChI is InChI=1S/C23H24N8O3/c1-3-9-29-21-19(22(32)30(10-4-2)23(29)33)26-20(27-21)14-7-8-18(25-13-14)31-17(24)12-15(28-31)16-6-5-11-34-16/h5-8,11-13H,3-4,9-10,24H2,1-2H3,(H,26,27). The first kappa shape index (κ1) is 21.4. The number of nitrogens with one attached hydrogen (secondary N) is 1. The molecule has 0 aliphatic carbocycles. The highest BCUT2D eigenvalue weighted by Crippen LogP contribution is 2.24. The average molecular weight is 460 g/mol. The van der Waals surface area contributed by atoms with Gasteiger partial charge >= 0.3 is 5.69 Å². The zero-order chi connectivity index (χ0) is 23.8.